The molecule has 13 rings (SSSR count). The van der Waals surface area contributed by atoms with Crippen molar-refractivity contribution in [3.05, 3.63) is 187 Å². The molecular weight excluding hydrogens is 691 g/mol. The molecule has 3 heteroatoms. The zero-order chi connectivity index (χ0) is 37.6. The van der Waals surface area contributed by atoms with Gasteiger partial charge in [0.1, 0.15) is 0 Å². The Balaban J connectivity index is 1.28. The lowest BCUT2D eigenvalue weighted by Gasteiger charge is -2.21. The zero-order valence-corrected chi connectivity index (χ0v) is 31.6. The van der Waals surface area contributed by atoms with E-state index in [4.69, 9.17) is 4.98 Å². The minimum Gasteiger partial charge on any atom is -0.308 e. The summed E-state index contributed by atoms with van der Waals surface area (Å²) in [7, 11) is 0. The lowest BCUT2D eigenvalue weighted by Crippen LogP contribution is -2.14. The first-order valence-electron chi connectivity index (χ1n) is 19.9. The quantitative estimate of drug-likeness (QED) is 0.163. The topological polar surface area (TPSA) is 22.8 Å². The molecule has 0 bridgehead atoms. The van der Waals surface area contributed by atoms with Gasteiger partial charge >= 0.3 is 0 Å². The molecule has 57 heavy (non-hydrogen) atoms. The molecule has 1 aliphatic carbocycles. The molecule has 12 aromatic rings. The van der Waals surface area contributed by atoms with Crippen LogP contribution < -0.4 is 0 Å². The molecule has 0 N–H and O–H groups in total. The third kappa shape index (κ3) is 3.93. The third-order valence-corrected chi connectivity index (χ3v) is 13.1. The average Bonchev–Trinajstić information content (AvgIpc) is 3.87. The highest BCUT2D eigenvalue weighted by atomic mass is 15.0. The Labute approximate surface area is 328 Å². The highest BCUT2D eigenvalue weighted by molar-refractivity contribution is 6.36. The first-order valence-corrected chi connectivity index (χ1v) is 19.9. The lowest BCUT2D eigenvalue weighted by molar-refractivity contribution is 0.661. The van der Waals surface area contributed by atoms with Crippen LogP contribution in [0.15, 0.2) is 176 Å². The molecule has 0 unspecified atom stereocenters. The van der Waals surface area contributed by atoms with E-state index in [9.17, 15) is 0 Å². The van der Waals surface area contributed by atoms with Gasteiger partial charge < -0.3 is 9.13 Å². The summed E-state index contributed by atoms with van der Waals surface area (Å²) in [5.41, 5.74) is 13.3. The van der Waals surface area contributed by atoms with Gasteiger partial charge in [-0.1, -0.05) is 135 Å². The third-order valence-electron chi connectivity index (χ3n) is 13.1. The van der Waals surface area contributed by atoms with Crippen molar-refractivity contribution in [1.82, 2.24) is 14.1 Å². The second kappa shape index (κ2) is 11.0. The summed E-state index contributed by atoms with van der Waals surface area (Å²) in [5, 5.41) is 13.7. The Morgan fingerprint density at radius 2 is 1.00 bits per heavy atom. The first-order chi connectivity index (χ1) is 28.1. The molecule has 3 nitrogen and oxygen atoms in total. The monoisotopic (exact) mass is 725 g/mol. The molecule has 0 atom stereocenters. The van der Waals surface area contributed by atoms with Gasteiger partial charge in [-0.05, 0) is 103 Å². The van der Waals surface area contributed by atoms with E-state index in [1.165, 1.54) is 92.7 Å². The van der Waals surface area contributed by atoms with Crippen LogP contribution in [0.1, 0.15) is 25.0 Å². The molecule has 0 fully saturated rings. The highest BCUT2D eigenvalue weighted by Gasteiger charge is 2.37. The maximum atomic E-state index is 5.25. The zero-order valence-electron chi connectivity index (χ0n) is 31.6. The average molecular weight is 726 g/mol. The minimum absolute atomic E-state index is 0.138. The van der Waals surface area contributed by atoms with Gasteiger partial charge in [-0.3, -0.25) is 4.98 Å². The standard InChI is InChI=1S/C54H35N3/c1-54(2)45-24-12-10-21-39(45)43-30-44-48(31-46(43)54)56(32-15-4-3-5-16-32)53-50(44)52-49(41-23-14-28-55-51(41)53)40-22-11-13-25-47(40)57(52)33-26-27-38-36-19-7-6-17-34(36)35-18-8-9-20-37(35)42(38)29-33/h3-31H,1-2H3. The van der Waals surface area contributed by atoms with Gasteiger partial charge in [0.05, 0.1) is 27.6 Å². The lowest BCUT2D eigenvalue weighted by atomic mass is 9.82. The maximum Gasteiger partial charge on any atom is 0.0956 e. The van der Waals surface area contributed by atoms with Crippen molar-refractivity contribution in [2.24, 2.45) is 0 Å². The summed E-state index contributed by atoms with van der Waals surface area (Å²) in [6.45, 7) is 4.75. The number of rotatable bonds is 2. The van der Waals surface area contributed by atoms with Gasteiger partial charge in [-0.2, -0.15) is 0 Å². The summed E-state index contributed by atoms with van der Waals surface area (Å²) >= 11 is 0. The predicted molar refractivity (Wildman–Crippen MR) is 241 cm³/mol. The number of nitrogens with zero attached hydrogens (tertiary/aromatic N) is 3. The highest BCUT2D eigenvalue weighted by Crippen LogP contribution is 2.53. The SMILES string of the molecule is CC1(C)c2ccccc2-c2cc3c4c(c5ncccc5c5c6ccccc6n(-c6ccc7c8ccccc8c8ccccc8c7c6)c54)n(-c4ccccc4)c3cc21. The van der Waals surface area contributed by atoms with E-state index in [0.717, 1.165) is 27.8 Å². The minimum atomic E-state index is -0.138. The van der Waals surface area contributed by atoms with Gasteiger partial charge in [-0.15, -0.1) is 0 Å². The van der Waals surface area contributed by atoms with E-state index < -0.39 is 0 Å². The van der Waals surface area contributed by atoms with Crippen LogP contribution in [0.3, 0.4) is 0 Å². The van der Waals surface area contributed by atoms with Crippen molar-refractivity contribution in [2.75, 3.05) is 0 Å². The molecule has 0 amide bonds. The van der Waals surface area contributed by atoms with Gasteiger partial charge in [0.2, 0.25) is 0 Å². The number of fused-ring (bicyclic) bond motifs is 19. The summed E-state index contributed by atoms with van der Waals surface area (Å²) < 4.78 is 5.03. The van der Waals surface area contributed by atoms with Gasteiger partial charge in [-0.25, -0.2) is 0 Å². The van der Waals surface area contributed by atoms with Gasteiger partial charge in [0, 0.05) is 49.9 Å². The van der Waals surface area contributed by atoms with E-state index in [1.54, 1.807) is 0 Å². The Kier molecular flexibility index (Phi) is 5.97. The largest absolute Gasteiger partial charge is 0.308 e. The van der Waals surface area contributed by atoms with E-state index >= 15 is 0 Å². The van der Waals surface area contributed by atoms with Crippen LogP contribution >= 0.6 is 0 Å². The van der Waals surface area contributed by atoms with Gasteiger partial charge in [0.25, 0.3) is 0 Å². The first kappa shape index (κ1) is 31.0. The molecular formula is C54H35N3. The fourth-order valence-electron chi connectivity index (χ4n) is 10.6. The molecule has 1 aliphatic rings. The number of pyridine rings is 1. The number of hydrogen-bond donors (Lipinski definition) is 0. The number of aromatic nitrogens is 3. The van der Waals surface area contributed by atoms with E-state index in [2.05, 4.69) is 193 Å². The van der Waals surface area contributed by atoms with Crippen LogP contribution in [-0.4, -0.2) is 14.1 Å². The fourth-order valence-corrected chi connectivity index (χ4v) is 10.6. The molecule has 0 radical (unpaired) electrons. The summed E-state index contributed by atoms with van der Waals surface area (Å²) in [6.07, 6.45) is 1.96. The fraction of sp³-hybridized carbons (Fsp3) is 0.0556. The molecule has 0 saturated carbocycles. The van der Waals surface area contributed by atoms with E-state index in [0.29, 0.717) is 0 Å². The molecule has 0 saturated heterocycles. The Morgan fingerprint density at radius 3 is 1.77 bits per heavy atom. The predicted octanol–water partition coefficient (Wildman–Crippen LogP) is 14.2. The van der Waals surface area contributed by atoms with Gasteiger partial charge in [0.15, 0.2) is 0 Å². The van der Waals surface area contributed by atoms with Crippen LogP contribution in [0.5, 0.6) is 0 Å². The number of para-hydroxylation sites is 2. The van der Waals surface area contributed by atoms with Crippen molar-refractivity contribution in [3.63, 3.8) is 0 Å². The van der Waals surface area contributed by atoms with Crippen LogP contribution in [-0.2, 0) is 5.41 Å². The normalized spacial score (nSPS) is 13.6. The Hall–Kier alpha value is -7.23. The second-order valence-electron chi connectivity index (χ2n) is 16.3. The molecule has 9 aromatic carbocycles. The molecule has 0 aliphatic heterocycles. The van der Waals surface area contributed by atoms with Crippen LogP contribution in [0.25, 0.3) is 109 Å². The Bertz CT molecular complexity index is 3680. The number of hydrogen-bond acceptors (Lipinski definition) is 1. The van der Waals surface area contributed by atoms with Crippen molar-refractivity contribution in [3.8, 4) is 22.5 Å². The maximum absolute atomic E-state index is 5.25. The van der Waals surface area contributed by atoms with Crippen LogP contribution in [0.2, 0.25) is 0 Å². The van der Waals surface area contributed by atoms with Crippen molar-refractivity contribution in [1.29, 1.82) is 0 Å². The van der Waals surface area contributed by atoms with Crippen molar-refractivity contribution < 1.29 is 0 Å². The van der Waals surface area contributed by atoms with Crippen LogP contribution in [0.4, 0.5) is 0 Å². The Morgan fingerprint density at radius 1 is 0.386 bits per heavy atom. The van der Waals surface area contributed by atoms with Crippen LogP contribution in [0, 0.1) is 0 Å². The molecule has 266 valence electrons. The van der Waals surface area contributed by atoms with E-state index in [-0.39, 0.29) is 5.41 Å². The second-order valence-corrected chi connectivity index (χ2v) is 16.3. The molecule has 0 spiro atoms. The molecule has 3 aromatic heterocycles. The molecule has 3 heterocycles. The summed E-state index contributed by atoms with van der Waals surface area (Å²) in [4.78, 5) is 5.25. The smallest absolute Gasteiger partial charge is 0.0956 e. The summed E-state index contributed by atoms with van der Waals surface area (Å²) in [5.74, 6) is 0. The van der Waals surface area contributed by atoms with Crippen molar-refractivity contribution >= 4 is 86.8 Å². The van der Waals surface area contributed by atoms with E-state index in [1.807, 2.05) is 6.20 Å². The van der Waals surface area contributed by atoms with Crippen molar-refractivity contribution in [2.45, 2.75) is 19.3 Å². The summed E-state index contributed by atoms with van der Waals surface area (Å²) in [6, 6.07) is 63.0. The number of benzene rings is 9.